The van der Waals surface area contributed by atoms with Crippen LogP contribution < -0.4 is 11.1 Å². The molecule has 4 aromatic rings. The van der Waals surface area contributed by atoms with Crippen molar-refractivity contribution >= 4 is 28.5 Å². The number of nitrogens with zero attached hydrogens (tertiary/aromatic N) is 4. The smallest absolute Gasteiger partial charge is 0.165 e. The number of ether oxygens (including phenoxy) is 1. The normalized spacial score (nSPS) is 15.8. The Labute approximate surface area is 222 Å². The Kier molecular flexibility index (Phi) is 8.24. The van der Waals surface area contributed by atoms with Gasteiger partial charge in [-0.2, -0.15) is 0 Å². The maximum absolute atomic E-state index is 6.47. The van der Waals surface area contributed by atoms with Gasteiger partial charge in [-0.3, -0.25) is 4.98 Å². The molecule has 0 saturated carbocycles. The van der Waals surface area contributed by atoms with Gasteiger partial charge in [0.2, 0.25) is 0 Å². The van der Waals surface area contributed by atoms with E-state index in [1.54, 1.807) is 0 Å². The molecule has 0 spiro atoms. The number of aromatic nitrogens is 4. The number of nitrogens with one attached hydrogen (secondary N) is 1. The molecule has 0 radical (unpaired) electrons. The highest BCUT2D eigenvalue weighted by Gasteiger charge is 2.26. The fraction of sp³-hybridized carbons (Fsp3) is 0.379. The van der Waals surface area contributed by atoms with Gasteiger partial charge in [-0.1, -0.05) is 56.3 Å². The third-order valence-electron chi connectivity index (χ3n) is 6.88. The van der Waals surface area contributed by atoms with E-state index in [1.807, 2.05) is 30.5 Å². The van der Waals surface area contributed by atoms with Gasteiger partial charge in [0.25, 0.3) is 0 Å². The second kappa shape index (κ2) is 11.9. The van der Waals surface area contributed by atoms with E-state index in [9.17, 15) is 0 Å². The number of morpholine rings is 1. The van der Waals surface area contributed by atoms with Crippen molar-refractivity contribution in [1.29, 1.82) is 0 Å². The molecule has 1 aliphatic rings. The van der Waals surface area contributed by atoms with Crippen molar-refractivity contribution in [3.8, 4) is 22.4 Å². The van der Waals surface area contributed by atoms with Gasteiger partial charge >= 0.3 is 0 Å². The van der Waals surface area contributed by atoms with E-state index in [2.05, 4.69) is 34.3 Å². The monoisotopic (exact) mass is 516 g/mol. The first-order valence-electron chi connectivity index (χ1n) is 13.1. The summed E-state index contributed by atoms with van der Waals surface area (Å²) in [4.78, 5) is 18.7. The fourth-order valence-corrected chi connectivity index (χ4v) is 5.30. The lowest BCUT2D eigenvalue weighted by Crippen LogP contribution is -2.34. The van der Waals surface area contributed by atoms with Crippen molar-refractivity contribution < 1.29 is 4.74 Å². The summed E-state index contributed by atoms with van der Waals surface area (Å²) in [6.07, 6.45) is 9.84. The first-order valence-corrected chi connectivity index (χ1v) is 13.5. The lowest BCUT2D eigenvalue weighted by Gasteiger charge is -2.26. The number of nitrogen functional groups attached to an aromatic ring is 1. The van der Waals surface area contributed by atoms with Gasteiger partial charge in [0.15, 0.2) is 5.65 Å². The number of rotatable bonds is 9. The summed E-state index contributed by atoms with van der Waals surface area (Å²) in [6, 6.07) is 11.9. The van der Waals surface area contributed by atoms with Gasteiger partial charge in [-0.05, 0) is 48.2 Å². The van der Waals surface area contributed by atoms with Crippen molar-refractivity contribution in [3.63, 3.8) is 0 Å². The predicted molar refractivity (Wildman–Crippen MR) is 149 cm³/mol. The number of fused-ring (bicyclic) bond motifs is 1. The lowest BCUT2D eigenvalue weighted by molar-refractivity contribution is 0.0254. The average Bonchev–Trinajstić information content (AvgIpc) is 2.93. The quantitative estimate of drug-likeness (QED) is 0.257. The number of anilines is 1. The number of nitrogens with two attached hydrogens (primary N) is 1. The van der Waals surface area contributed by atoms with Crippen molar-refractivity contribution in [2.24, 2.45) is 0 Å². The minimum atomic E-state index is -0.148. The topological polar surface area (TPSA) is 98.8 Å². The van der Waals surface area contributed by atoms with Crippen LogP contribution in [0.1, 0.15) is 56.4 Å². The fourth-order valence-electron chi connectivity index (χ4n) is 5.11. The average molecular weight is 517 g/mol. The van der Waals surface area contributed by atoms with Crippen LogP contribution in [-0.4, -0.2) is 39.6 Å². The third kappa shape index (κ3) is 5.59. The highest BCUT2D eigenvalue weighted by molar-refractivity contribution is 6.31. The zero-order valence-corrected chi connectivity index (χ0v) is 22.0. The number of hydrogen-bond donors (Lipinski definition) is 2. The Balaban J connectivity index is 1.75. The molecule has 7 nitrogen and oxygen atoms in total. The van der Waals surface area contributed by atoms with Gasteiger partial charge in [-0.25, -0.2) is 15.0 Å². The first-order chi connectivity index (χ1) is 18.2. The van der Waals surface area contributed by atoms with Crippen molar-refractivity contribution in [2.75, 3.05) is 25.4 Å². The van der Waals surface area contributed by atoms with E-state index in [1.165, 1.54) is 25.6 Å². The van der Waals surface area contributed by atoms with Gasteiger partial charge in [0, 0.05) is 35.4 Å². The molecule has 0 amide bonds. The van der Waals surface area contributed by atoms with Gasteiger partial charge in [-0.15, -0.1) is 0 Å². The van der Waals surface area contributed by atoms with E-state index in [0.717, 1.165) is 64.8 Å². The SMILES string of the molecule is CCCCCCCc1c(-c2cccnc2C2CNCCO2)nc2ncnc(N)c2c1-c1cccc(Cl)c1. The van der Waals surface area contributed by atoms with E-state index in [0.29, 0.717) is 29.6 Å². The number of halogens is 1. The molecule has 4 heterocycles. The molecule has 0 aliphatic carbocycles. The van der Waals surface area contributed by atoms with Crippen LogP contribution in [-0.2, 0) is 11.2 Å². The zero-order chi connectivity index (χ0) is 25.6. The Morgan fingerprint density at radius 2 is 1.97 bits per heavy atom. The molecule has 0 bridgehead atoms. The molecule has 37 heavy (non-hydrogen) atoms. The molecule has 192 valence electrons. The molecule has 1 fully saturated rings. The molecule has 5 rings (SSSR count). The van der Waals surface area contributed by atoms with Crippen LogP contribution >= 0.6 is 11.6 Å². The molecule has 1 atom stereocenters. The summed E-state index contributed by atoms with van der Waals surface area (Å²) in [6.45, 7) is 4.43. The highest BCUT2D eigenvalue weighted by atomic mass is 35.5. The second-order valence-corrected chi connectivity index (χ2v) is 9.88. The lowest BCUT2D eigenvalue weighted by atomic mass is 9.89. The van der Waals surface area contributed by atoms with Crippen LogP contribution in [0.5, 0.6) is 0 Å². The number of pyridine rings is 2. The molecule has 1 aliphatic heterocycles. The summed E-state index contributed by atoms with van der Waals surface area (Å²) in [5.41, 5.74) is 12.8. The Hall–Kier alpha value is -3.13. The summed E-state index contributed by atoms with van der Waals surface area (Å²) in [7, 11) is 0. The molecule has 3 N–H and O–H groups in total. The number of benzene rings is 1. The zero-order valence-electron chi connectivity index (χ0n) is 21.2. The van der Waals surface area contributed by atoms with Crippen LogP contribution in [0.2, 0.25) is 5.02 Å². The van der Waals surface area contributed by atoms with Gasteiger partial charge in [0.05, 0.1) is 23.4 Å². The molecule has 1 unspecified atom stereocenters. The highest BCUT2D eigenvalue weighted by Crippen LogP contribution is 2.41. The largest absolute Gasteiger partial charge is 0.383 e. The summed E-state index contributed by atoms with van der Waals surface area (Å²) >= 11 is 6.47. The molecular formula is C29H33ClN6O. The maximum Gasteiger partial charge on any atom is 0.165 e. The van der Waals surface area contributed by atoms with Crippen LogP contribution in [0.4, 0.5) is 5.82 Å². The van der Waals surface area contributed by atoms with E-state index in [-0.39, 0.29) is 6.10 Å². The minimum Gasteiger partial charge on any atom is -0.383 e. The van der Waals surface area contributed by atoms with Crippen LogP contribution in [0.25, 0.3) is 33.4 Å². The van der Waals surface area contributed by atoms with Crippen LogP contribution in [0, 0.1) is 0 Å². The van der Waals surface area contributed by atoms with Gasteiger partial charge < -0.3 is 15.8 Å². The standard InChI is InChI=1S/C29H33ClN6O/c1-2-3-4-5-6-11-21-24(19-9-7-10-20(30)16-19)25-28(31)34-18-35-29(25)36-26(21)22-12-8-13-33-27(22)23-17-32-14-15-37-23/h7-10,12-13,16,18,23,32H,2-6,11,14-15,17H2,1H3,(H2,31,34,35,36). The summed E-state index contributed by atoms with van der Waals surface area (Å²) < 4.78 is 6.11. The van der Waals surface area contributed by atoms with Crippen molar-refractivity contribution in [1.82, 2.24) is 25.3 Å². The Morgan fingerprint density at radius 3 is 2.78 bits per heavy atom. The predicted octanol–water partition coefficient (Wildman–Crippen LogP) is 6.16. The Morgan fingerprint density at radius 1 is 1.08 bits per heavy atom. The minimum absolute atomic E-state index is 0.148. The van der Waals surface area contributed by atoms with E-state index in [4.69, 9.17) is 32.0 Å². The van der Waals surface area contributed by atoms with E-state index >= 15 is 0 Å². The van der Waals surface area contributed by atoms with Crippen LogP contribution in [0.15, 0.2) is 48.9 Å². The van der Waals surface area contributed by atoms with Crippen molar-refractivity contribution in [2.45, 2.75) is 51.6 Å². The van der Waals surface area contributed by atoms with Crippen LogP contribution in [0.3, 0.4) is 0 Å². The summed E-state index contributed by atoms with van der Waals surface area (Å²) in [5.74, 6) is 0.414. The molecule has 1 saturated heterocycles. The second-order valence-electron chi connectivity index (χ2n) is 9.45. The molecule has 3 aromatic heterocycles. The number of hydrogen-bond acceptors (Lipinski definition) is 7. The maximum atomic E-state index is 6.47. The number of unbranched alkanes of at least 4 members (excludes halogenated alkanes) is 4. The molecule has 1 aromatic carbocycles. The van der Waals surface area contributed by atoms with Crippen molar-refractivity contribution in [3.05, 3.63) is 65.2 Å². The third-order valence-corrected chi connectivity index (χ3v) is 7.12. The first kappa shape index (κ1) is 25.5. The Bertz CT molecular complexity index is 1370. The summed E-state index contributed by atoms with van der Waals surface area (Å²) in [5, 5.41) is 4.85. The van der Waals surface area contributed by atoms with Gasteiger partial charge in [0.1, 0.15) is 18.2 Å². The molecule has 8 heteroatoms. The molecular weight excluding hydrogens is 484 g/mol. The van der Waals surface area contributed by atoms with E-state index < -0.39 is 0 Å².